The topological polar surface area (TPSA) is 90.6 Å². The molecule has 1 aromatic heterocycles. The van der Waals surface area contributed by atoms with Crippen molar-refractivity contribution >= 4 is 51.4 Å². The highest BCUT2D eigenvalue weighted by atomic mass is 79.9. The van der Waals surface area contributed by atoms with Crippen molar-refractivity contribution in [3.63, 3.8) is 0 Å². The number of amides is 1. The van der Waals surface area contributed by atoms with Crippen molar-refractivity contribution in [1.82, 2.24) is 20.2 Å². The van der Waals surface area contributed by atoms with Gasteiger partial charge in [0.1, 0.15) is 12.9 Å². The Morgan fingerprint density at radius 1 is 1.39 bits per heavy atom. The molecular formula is C20H19BrClN5O3S. The summed E-state index contributed by atoms with van der Waals surface area (Å²) >= 11 is 11.0. The number of hydrazone groups is 1. The van der Waals surface area contributed by atoms with Crippen molar-refractivity contribution in [3.8, 4) is 11.5 Å². The molecular weight excluding hydrogens is 506 g/mol. The summed E-state index contributed by atoms with van der Waals surface area (Å²) < 4.78 is 13.8. The maximum absolute atomic E-state index is 12.0. The number of aryl methyl sites for hydroxylation is 1. The monoisotopic (exact) mass is 523 g/mol. The third-order valence-electron chi connectivity index (χ3n) is 3.99. The number of nitrogens with zero attached hydrogens (tertiary/aromatic N) is 4. The summed E-state index contributed by atoms with van der Waals surface area (Å²) in [5.41, 5.74) is 4.07. The molecule has 1 N–H and O–H groups in total. The Morgan fingerprint density at radius 2 is 2.19 bits per heavy atom. The highest BCUT2D eigenvalue weighted by molar-refractivity contribution is 9.10. The van der Waals surface area contributed by atoms with Gasteiger partial charge in [0, 0.05) is 17.6 Å². The van der Waals surface area contributed by atoms with Gasteiger partial charge in [-0.2, -0.15) is 5.10 Å². The Bertz CT molecular complexity index is 1090. The third kappa shape index (κ3) is 6.46. The van der Waals surface area contributed by atoms with Crippen LogP contribution in [0.1, 0.15) is 11.1 Å². The standard InChI is InChI=1S/C20H19BrClN5O3S/c1-27-12-24-26-20(27)31-11-18(28)25-23-9-13-7-15(21)19(17(8-13)29-2)30-10-14-5-3-4-6-16(14)22/h3-9,12H,10-11H2,1-2H3,(H,25,28)/b23-9-. The zero-order valence-electron chi connectivity index (χ0n) is 16.7. The van der Waals surface area contributed by atoms with E-state index in [-0.39, 0.29) is 11.7 Å². The first-order valence-corrected chi connectivity index (χ1v) is 11.2. The van der Waals surface area contributed by atoms with E-state index >= 15 is 0 Å². The number of thioether (sulfide) groups is 1. The molecule has 0 bridgehead atoms. The van der Waals surface area contributed by atoms with Gasteiger partial charge in [0.2, 0.25) is 0 Å². The van der Waals surface area contributed by atoms with Gasteiger partial charge >= 0.3 is 0 Å². The fourth-order valence-electron chi connectivity index (χ4n) is 2.46. The van der Waals surface area contributed by atoms with Gasteiger partial charge in [-0.3, -0.25) is 4.79 Å². The average molecular weight is 525 g/mol. The van der Waals surface area contributed by atoms with Crippen molar-refractivity contribution < 1.29 is 14.3 Å². The van der Waals surface area contributed by atoms with E-state index in [2.05, 4.69) is 36.7 Å². The van der Waals surface area contributed by atoms with Gasteiger partial charge in [-0.15, -0.1) is 10.2 Å². The molecule has 1 heterocycles. The molecule has 31 heavy (non-hydrogen) atoms. The number of hydrogen-bond donors (Lipinski definition) is 1. The fourth-order valence-corrected chi connectivity index (χ4v) is 3.91. The molecule has 11 heteroatoms. The second-order valence-corrected chi connectivity index (χ2v) is 8.42. The number of methoxy groups -OCH3 is 1. The molecule has 0 spiro atoms. The van der Waals surface area contributed by atoms with Gasteiger partial charge in [-0.1, -0.05) is 41.6 Å². The number of carbonyl (C=O) groups is 1. The number of benzene rings is 2. The van der Waals surface area contributed by atoms with Crippen LogP contribution in [0.2, 0.25) is 5.02 Å². The van der Waals surface area contributed by atoms with Crippen LogP contribution in [0.5, 0.6) is 11.5 Å². The highest BCUT2D eigenvalue weighted by Gasteiger charge is 2.12. The van der Waals surface area contributed by atoms with Crippen molar-refractivity contribution in [2.24, 2.45) is 12.1 Å². The fraction of sp³-hybridized carbons (Fsp3) is 0.200. The van der Waals surface area contributed by atoms with E-state index in [0.29, 0.717) is 32.8 Å². The molecule has 1 amide bonds. The number of nitrogens with one attached hydrogen (secondary N) is 1. The molecule has 2 aromatic carbocycles. The Morgan fingerprint density at radius 3 is 2.90 bits per heavy atom. The van der Waals surface area contributed by atoms with Crippen molar-refractivity contribution in [2.45, 2.75) is 11.8 Å². The number of ether oxygens (including phenoxy) is 2. The summed E-state index contributed by atoms with van der Waals surface area (Å²) in [6.07, 6.45) is 3.10. The van der Waals surface area contributed by atoms with Crippen LogP contribution in [0.15, 0.2) is 57.5 Å². The van der Waals surface area contributed by atoms with Crippen LogP contribution in [-0.4, -0.2) is 39.7 Å². The maximum atomic E-state index is 12.0. The summed E-state index contributed by atoms with van der Waals surface area (Å²) in [5, 5.41) is 13.0. The van der Waals surface area contributed by atoms with Crippen LogP contribution in [0.4, 0.5) is 0 Å². The number of rotatable bonds is 9. The summed E-state index contributed by atoms with van der Waals surface area (Å²) in [7, 11) is 3.36. The minimum absolute atomic E-state index is 0.172. The molecule has 0 saturated heterocycles. The van der Waals surface area contributed by atoms with E-state index in [0.717, 1.165) is 11.1 Å². The lowest BCUT2D eigenvalue weighted by molar-refractivity contribution is -0.118. The van der Waals surface area contributed by atoms with Crippen LogP contribution in [0.25, 0.3) is 0 Å². The number of hydrogen-bond acceptors (Lipinski definition) is 7. The second-order valence-electron chi connectivity index (χ2n) is 6.22. The SMILES string of the molecule is COc1cc(/C=N\NC(=O)CSc2nncn2C)cc(Br)c1OCc1ccccc1Cl. The predicted octanol–water partition coefficient (Wildman–Crippen LogP) is 4.06. The van der Waals surface area contributed by atoms with E-state index < -0.39 is 0 Å². The van der Waals surface area contributed by atoms with Gasteiger partial charge in [-0.05, 0) is 39.7 Å². The van der Waals surface area contributed by atoms with Gasteiger partial charge in [0.25, 0.3) is 5.91 Å². The normalized spacial score (nSPS) is 11.0. The van der Waals surface area contributed by atoms with E-state index in [1.54, 1.807) is 24.1 Å². The lowest BCUT2D eigenvalue weighted by Crippen LogP contribution is -2.19. The average Bonchev–Trinajstić information content (AvgIpc) is 3.17. The molecule has 3 rings (SSSR count). The lowest BCUT2D eigenvalue weighted by Gasteiger charge is -2.14. The Kier molecular flexibility index (Phi) is 8.33. The van der Waals surface area contributed by atoms with E-state index in [9.17, 15) is 4.79 Å². The van der Waals surface area contributed by atoms with Crippen LogP contribution in [0, 0.1) is 0 Å². The quantitative estimate of drug-likeness (QED) is 0.258. The van der Waals surface area contributed by atoms with Crippen molar-refractivity contribution in [3.05, 3.63) is 63.3 Å². The first-order chi connectivity index (χ1) is 15.0. The second kappa shape index (κ2) is 11.2. The molecule has 0 unspecified atom stereocenters. The molecule has 0 atom stereocenters. The van der Waals surface area contributed by atoms with E-state index in [4.69, 9.17) is 21.1 Å². The lowest BCUT2D eigenvalue weighted by atomic mass is 10.2. The molecule has 3 aromatic rings. The maximum Gasteiger partial charge on any atom is 0.250 e. The van der Waals surface area contributed by atoms with Crippen molar-refractivity contribution in [1.29, 1.82) is 0 Å². The molecule has 0 fully saturated rings. The minimum atomic E-state index is -0.255. The first-order valence-electron chi connectivity index (χ1n) is 9.00. The number of carbonyl (C=O) groups excluding carboxylic acids is 1. The number of halogens is 2. The first kappa shape index (κ1) is 23.1. The Balaban J connectivity index is 1.60. The van der Waals surface area contributed by atoms with Crippen LogP contribution >= 0.6 is 39.3 Å². The molecule has 0 radical (unpaired) electrons. The summed E-state index contributed by atoms with van der Waals surface area (Å²) in [5.74, 6) is 0.983. The summed E-state index contributed by atoms with van der Waals surface area (Å²) in [6.45, 7) is 0.293. The molecule has 0 aliphatic rings. The van der Waals surface area contributed by atoms with Gasteiger partial charge in [0.05, 0.1) is 23.5 Å². The van der Waals surface area contributed by atoms with Gasteiger partial charge in [-0.25, -0.2) is 5.43 Å². The Labute approximate surface area is 197 Å². The van der Waals surface area contributed by atoms with Crippen LogP contribution in [-0.2, 0) is 18.4 Å². The minimum Gasteiger partial charge on any atom is -0.493 e. The summed E-state index contributed by atoms with van der Waals surface area (Å²) in [6, 6.07) is 11.0. The number of aromatic nitrogens is 3. The molecule has 0 aliphatic carbocycles. The molecule has 0 saturated carbocycles. The highest BCUT2D eigenvalue weighted by Crippen LogP contribution is 2.37. The zero-order chi connectivity index (χ0) is 22.2. The van der Waals surface area contributed by atoms with Crippen molar-refractivity contribution in [2.75, 3.05) is 12.9 Å². The molecule has 8 nitrogen and oxygen atoms in total. The molecule has 162 valence electrons. The predicted molar refractivity (Wildman–Crippen MR) is 124 cm³/mol. The Hall–Kier alpha value is -2.56. The van der Waals surface area contributed by atoms with E-state index in [1.165, 1.54) is 18.0 Å². The smallest absolute Gasteiger partial charge is 0.250 e. The zero-order valence-corrected chi connectivity index (χ0v) is 19.9. The third-order valence-corrected chi connectivity index (χ3v) is 5.98. The van der Waals surface area contributed by atoms with E-state index in [1.807, 2.05) is 37.4 Å². The molecule has 0 aliphatic heterocycles. The van der Waals surface area contributed by atoms with Gasteiger partial charge < -0.3 is 14.0 Å². The van der Waals surface area contributed by atoms with Crippen LogP contribution < -0.4 is 14.9 Å². The van der Waals surface area contributed by atoms with Crippen LogP contribution in [0.3, 0.4) is 0 Å². The summed E-state index contributed by atoms with van der Waals surface area (Å²) in [4.78, 5) is 12.0. The largest absolute Gasteiger partial charge is 0.493 e. The van der Waals surface area contributed by atoms with Gasteiger partial charge in [0.15, 0.2) is 16.7 Å².